The molecule has 142 valence electrons. The molecule has 2 aliphatic heterocycles. The molecule has 0 aromatic heterocycles. The van der Waals surface area contributed by atoms with Crippen molar-refractivity contribution in [2.24, 2.45) is 0 Å². The highest BCUT2D eigenvalue weighted by molar-refractivity contribution is 5.92. The molecule has 2 heterocycles. The number of rotatable bonds is 0. The van der Waals surface area contributed by atoms with E-state index >= 15 is 0 Å². The number of benzene rings is 4. The van der Waals surface area contributed by atoms with Gasteiger partial charge in [0.1, 0.15) is 23.0 Å². The maximum atomic E-state index is 10.7. The molecule has 2 atom stereocenters. The van der Waals surface area contributed by atoms with Crippen molar-refractivity contribution in [1.29, 1.82) is 0 Å². The van der Waals surface area contributed by atoms with Crippen LogP contribution in [0.4, 0.5) is 0 Å². The van der Waals surface area contributed by atoms with Crippen LogP contribution in [-0.4, -0.2) is 15.3 Å². The molecule has 6 rings (SSSR count). The van der Waals surface area contributed by atoms with Crippen molar-refractivity contribution in [3.63, 3.8) is 0 Å². The van der Waals surface area contributed by atoms with Gasteiger partial charge in [0.2, 0.25) is 0 Å². The maximum Gasteiger partial charge on any atom is 0.183 e. The Labute approximate surface area is 166 Å². The molecule has 0 amide bonds. The Morgan fingerprint density at radius 2 is 1.52 bits per heavy atom. The van der Waals surface area contributed by atoms with Gasteiger partial charge in [0.25, 0.3) is 0 Å². The maximum absolute atomic E-state index is 10.7. The van der Waals surface area contributed by atoms with Crippen LogP contribution in [0.3, 0.4) is 0 Å². The van der Waals surface area contributed by atoms with Crippen LogP contribution in [0.15, 0.2) is 72.8 Å². The van der Waals surface area contributed by atoms with E-state index in [1.54, 1.807) is 36.4 Å². The fourth-order valence-electron chi connectivity index (χ4n) is 4.56. The Morgan fingerprint density at radius 3 is 2.41 bits per heavy atom. The first kappa shape index (κ1) is 16.4. The van der Waals surface area contributed by atoms with Crippen molar-refractivity contribution < 1.29 is 24.8 Å². The van der Waals surface area contributed by atoms with Gasteiger partial charge in [-0.25, -0.2) is 0 Å². The Morgan fingerprint density at radius 1 is 0.759 bits per heavy atom. The van der Waals surface area contributed by atoms with Gasteiger partial charge in [0.15, 0.2) is 11.9 Å². The Kier molecular flexibility index (Phi) is 3.12. The molecule has 0 fully saturated rings. The molecule has 2 unspecified atom stereocenters. The monoisotopic (exact) mass is 384 g/mol. The van der Waals surface area contributed by atoms with Gasteiger partial charge in [-0.1, -0.05) is 36.4 Å². The minimum absolute atomic E-state index is 0.0760. The zero-order valence-corrected chi connectivity index (χ0v) is 15.2. The summed E-state index contributed by atoms with van der Waals surface area (Å²) in [6, 6.07) is 21.4. The molecule has 4 aromatic rings. The zero-order valence-electron chi connectivity index (χ0n) is 15.2. The van der Waals surface area contributed by atoms with E-state index in [1.165, 1.54) is 0 Å². The van der Waals surface area contributed by atoms with Gasteiger partial charge < -0.3 is 24.8 Å². The highest BCUT2D eigenvalue weighted by Crippen LogP contribution is 2.59. The highest BCUT2D eigenvalue weighted by Gasteiger charge is 2.52. The van der Waals surface area contributed by atoms with Gasteiger partial charge in [-0.3, -0.25) is 0 Å². The van der Waals surface area contributed by atoms with Crippen LogP contribution in [0.25, 0.3) is 10.8 Å². The second-order valence-electron chi connectivity index (χ2n) is 7.37. The fraction of sp³-hybridized carbons (Fsp3) is 0.0833. The summed E-state index contributed by atoms with van der Waals surface area (Å²) in [5.74, 6) is 1.28. The van der Waals surface area contributed by atoms with Gasteiger partial charge in [0, 0.05) is 33.7 Å². The molecule has 5 heteroatoms. The standard InChI is InChI=1S/C24H16O5/c25-14-6-8-16-13(11-14)5-9-20-22(16)28-21-12-15(26)7-10-19(21)24(20)18-4-2-1-3-17(18)23(27)29-24/h1-12,23,25-27H. The van der Waals surface area contributed by atoms with Crippen molar-refractivity contribution >= 4 is 10.8 Å². The molecule has 4 aromatic carbocycles. The molecule has 3 N–H and O–H groups in total. The molecular formula is C24H16O5. The molecular weight excluding hydrogens is 368 g/mol. The first-order chi connectivity index (χ1) is 14.1. The lowest BCUT2D eigenvalue weighted by Gasteiger charge is -2.38. The molecule has 29 heavy (non-hydrogen) atoms. The Bertz CT molecular complexity index is 1310. The van der Waals surface area contributed by atoms with Crippen molar-refractivity contribution in [3.8, 4) is 23.0 Å². The second kappa shape index (κ2) is 5.50. The highest BCUT2D eigenvalue weighted by atomic mass is 16.6. The molecule has 0 radical (unpaired) electrons. The lowest BCUT2D eigenvalue weighted by Crippen LogP contribution is -2.32. The summed E-state index contributed by atoms with van der Waals surface area (Å²) in [5, 5.41) is 32.3. The third-order valence-electron chi connectivity index (χ3n) is 5.78. The van der Waals surface area contributed by atoms with Gasteiger partial charge in [-0.2, -0.15) is 0 Å². The zero-order chi connectivity index (χ0) is 19.8. The third kappa shape index (κ3) is 2.06. The molecule has 0 saturated heterocycles. The summed E-state index contributed by atoms with van der Waals surface area (Å²) >= 11 is 0. The number of phenolic OH excluding ortho intramolecular Hbond substituents is 2. The third-order valence-corrected chi connectivity index (χ3v) is 5.78. The van der Waals surface area contributed by atoms with Crippen molar-refractivity contribution in [2.75, 3.05) is 0 Å². The second-order valence-corrected chi connectivity index (χ2v) is 7.37. The average Bonchev–Trinajstić information content (AvgIpc) is 3.01. The quantitative estimate of drug-likeness (QED) is 0.411. The average molecular weight is 384 g/mol. The van der Waals surface area contributed by atoms with Crippen LogP contribution in [0, 0.1) is 0 Å². The molecule has 0 aliphatic carbocycles. The predicted molar refractivity (Wildman–Crippen MR) is 106 cm³/mol. The summed E-state index contributed by atoms with van der Waals surface area (Å²) in [7, 11) is 0. The summed E-state index contributed by atoms with van der Waals surface area (Å²) < 4.78 is 12.5. The smallest absolute Gasteiger partial charge is 0.183 e. The van der Waals surface area contributed by atoms with E-state index in [1.807, 2.05) is 36.4 Å². The predicted octanol–water partition coefficient (Wildman–Crippen LogP) is 4.67. The Balaban J connectivity index is 1.76. The van der Waals surface area contributed by atoms with E-state index in [2.05, 4.69) is 0 Å². The molecule has 0 saturated carbocycles. The number of hydrogen-bond donors (Lipinski definition) is 3. The van der Waals surface area contributed by atoms with Gasteiger partial charge in [0.05, 0.1) is 0 Å². The van der Waals surface area contributed by atoms with Crippen molar-refractivity contribution in [3.05, 3.63) is 95.1 Å². The van der Waals surface area contributed by atoms with E-state index in [9.17, 15) is 15.3 Å². The summed E-state index contributed by atoms with van der Waals surface area (Å²) in [6.07, 6.45) is -1.09. The Hall–Kier alpha value is -3.54. The van der Waals surface area contributed by atoms with Crippen molar-refractivity contribution in [2.45, 2.75) is 11.9 Å². The van der Waals surface area contributed by atoms with Crippen LogP contribution >= 0.6 is 0 Å². The van der Waals surface area contributed by atoms with Crippen molar-refractivity contribution in [1.82, 2.24) is 0 Å². The summed E-state index contributed by atoms with van der Waals surface area (Å²) in [5.41, 5.74) is 1.94. The van der Waals surface area contributed by atoms with Crippen LogP contribution < -0.4 is 4.74 Å². The van der Waals surface area contributed by atoms with E-state index in [-0.39, 0.29) is 11.5 Å². The van der Waals surface area contributed by atoms with Gasteiger partial charge in [-0.05, 0) is 35.7 Å². The van der Waals surface area contributed by atoms with Gasteiger partial charge in [-0.15, -0.1) is 0 Å². The first-order valence-corrected chi connectivity index (χ1v) is 9.31. The number of hydrogen-bond acceptors (Lipinski definition) is 5. The minimum atomic E-state index is -1.09. The van der Waals surface area contributed by atoms with Crippen LogP contribution in [0.2, 0.25) is 0 Å². The lowest BCUT2D eigenvalue weighted by molar-refractivity contribution is -0.142. The molecule has 2 aliphatic rings. The van der Waals surface area contributed by atoms with Crippen LogP contribution in [0.5, 0.6) is 23.0 Å². The molecule has 1 spiro atoms. The number of fused-ring (bicyclic) bond motifs is 8. The number of aromatic hydroxyl groups is 2. The number of phenols is 2. The summed E-state index contributed by atoms with van der Waals surface area (Å²) in [4.78, 5) is 0. The van der Waals surface area contributed by atoms with E-state index < -0.39 is 11.9 Å². The topological polar surface area (TPSA) is 79.2 Å². The number of aliphatic hydroxyl groups excluding tert-OH is 1. The SMILES string of the molecule is Oc1ccc2c(c1)Oc1c(ccc3cc(O)ccc13)C21OC(O)c2ccccc21. The number of aliphatic hydroxyl groups is 1. The molecule has 5 nitrogen and oxygen atoms in total. The van der Waals surface area contributed by atoms with E-state index in [0.29, 0.717) is 22.6 Å². The summed E-state index contributed by atoms with van der Waals surface area (Å²) in [6.45, 7) is 0. The fourth-order valence-corrected chi connectivity index (χ4v) is 4.56. The largest absolute Gasteiger partial charge is 0.508 e. The molecule has 0 bridgehead atoms. The van der Waals surface area contributed by atoms with E-state index in [4.69, 9.17) is 9.47 Å². The van der Waals surface area contributed by atoms with Gasteiger partial charge >= 0.3 is 0 Å². The normalized spacial score (nSPS) is 21.5. The van der Waals surface area contributed by atoms with Crippen LogP contribution in [-0.2, 0) is 10.3 Å². The lowest BCUT2D eigenvalue weighted by atomic mass is 9.77. The van der Waals surface area contributed by atoms with E-state index in [0.717, 1.165) is 21.9 Å². The first-order valence-electron chi connectivity index (χ1n) is 9.31. The number of ether oxygens (including phenoxy) is 2. The van der Waals surface area contributed by atoms with Crippen LogP contribution in [0.1, 0.15) is 28.5 Å². The minimum Gasteiger partial charge on any atom is -0.508 e.